The Kier molecular flexibility index (Phi) is 4.88. The van der Waals surface area contributed by atoms with Crippen molar-refractivity contribution in [2.75, 3.05) is 13.2 Å². The van der Waals surface area contributed by atoms with Crippen LogP contribution in [0.25, 0.3) is 10.9 Å². The summed E-state index contributed by atoms with van der Waals surface area (Å²) in [7, 11) is 1.91. The molecule has 1 fully saturated rings. The fourth-order valence-corrected chi connectivity index (χ4v) is 3.68. The van der Waals surface area contributed by atoms with E-state index in [0.717, 1.165) is 36.1 Å². The number of benzene rings is 2. The lowest BCUT2D eigenvalue weighted by Gasteiger charge is -2.09. The van der Waals surface area contributed by atoms with Gasteiger partial charge >= 0.3 is 0 Å². The molecule has 3 aromatic rings. The first kappa shape index (κ1) is 18.3. The molecule has 3 N–H and O–H groups in total. The maximum atomic E-state index is 12.7. The summed E-state index contributed by atoms with van der Waals surface area (Å²) in [6.07, 6.45) is 1.04. The molecule has 6 nitrogen and oxygen atoms in total. The van der Waals surface area contributed by atoms with Gasteiger partial charge < -0.3 is 20.4 Å². The summed E-state index contributed by atoms with van der Waals surface area (Å²) >= 11 is 0. The van der Waals surface area contributed by atoms with E-state index < -0.39 is 5.91 Å². The first-order valence-corrected chi connectivity index (χ1v) is 9.37. The monoisotopic (exact) mass is 377 g/mol. The number of primary amides is 1. The largest absolute Gasteiger partial charge is 0.381 e. The number of carbonyl (C=O) groups excluding carboxylic acids is 2. The van der Waals surface area contributed by atoms with Crippen LogP contribution in [0.15, 0.2) is 48.5 Å². The Morgan fingerprint density at radius 3 is 2.64 bits per heavy atom. The predicted molar refractivity (Wildman–Crippen MR) is 107 cm³/mol. The van der Waals surface area contributed by atoms with Crippen molar-refractivity contribution >= 4 is 22.7 Å². The molecular formula is C22H23N3O3. The maximum Gasteiger partial charge on any atom is 0.268 e. The van der Waals surface area contributed by atoms with E-state index in [9.17, 15) is 9.59 Å². The van der Waals surface area contributed by atoms with Gasteiger partial charge in [0.15, 0.2) is 0 Å². The van der Waals surface area contributed by atoms with Crippen molar-refractivity contribution in [2.45, 2.75) is 18.9 Å². The minimum atomic E-state index is -0.463. The van der Waals surface area contributed by atoms with Gasteiger partial charge in [-0.25, -0.2) is 0 Å². The van der Waals surface area contributed by atoms with E-state index >= 15 is 0 Å². The van der Waals surface area contributed by atoms with Crippen molar-refractivity contribution < 1.29 is 14.3 Å². The Morgan fingerprint density at radius 1 is 1.18 bits per heavy atom. The number of rotatable bonds is 5. The van der Waals surface area contributed by atoms with Crippen LogP contribution in [0.3, 0.4) is 0 Å². The molecule has 1 aliphatic rings. The second-order valence-electron chi connectivity index (χ2n) is 7.21. The topological polar surface area (TPSA) is 86.4 Å². The van der Waals surface area contributed by atoms with Crippen molar-refractivity contribution in [1.82, 2.24) is 9.88 Å². The molecule has 2 heterocycles. The van der Waals surface area contributed by atoms with Gasteiger partial charge in [0.1, 0.15) is 5.69 Å². The van der Waals surface area contributed by atoms with Gasteiger partial charge in [-0.05, 0) is 41.8 Å². The minimum Gasteiger partial charge on any atom is -0.381 e. The highest BCUT2D eigenvalue weighted by atomic mass is 16.5. The third-order valence-electron chi connectivity index (χ3n) is 5.39. The molecule has 2 amide bonds. The lowest BCUT2D eigenvalue weighted by molar-refractivity contribution is 0.0941. The molecule has 4 rings (SSSR count). The molecule has 1 atom stereocenters. The Morgan fingerprint density at radius 2 is 1.96 bits per heavy atom. The van der Waals surface area contributed by atoms with Gasteiger partial charge in [-0.1, -0.05) is 24.3 Å². The van der Waals surface area contributed by atoms with Crippen LogP contribution in [-0.4, -0.2) is 29.6 Å². The molecule has 1 unspecified atom stereocenters. The lowest BCUT2D eigenvalue weighted by Crippen LogP contribution is -2.24. The summed E-state index contributed by atoms with van der Waals surface area (Å²) in [5, 5.41) is 3.98. The van der Waals surface area contributed by atoms with E-state index in [1.807, 2.05) is 17.7 Å². The summed E-state index contributed by atoms with van der Waals surface area (Å²) in [6.45, 7) is 1.95. The van der Waals surface area contributed by atoms with Crippen LogP contribution >= 0.6 is 0 Å². The van der Waals surface area contributed by atoms with Crippen LogP contribution < -0.4 is 11.1 Å². The Bertz CT molecular complexity index is 1030. The average Bonchev–Trinajstić information content (AvgIpc) is 3.35. The Labute approximate surface area is 163 Å². The van der Waals surface area contributed by atoms with Crippen molar-refractivity contribution in [3.8, 4) is 0 Å². The number of nitrogens with zero attached hydrogens (tertiary/aromatic N) is 1. The highest BCUT2D eigenvalue weighted by Crippen LogP contribution is 2.29. The van der Waals surface area contributed by atoms with Gasteiger partial charge in [0.2, 0.25) is 5.91 Å². The fraction of sp³-hybridized carbons (Fsp3) is 0.273. The number of aryl methyl sites for hydroxylation is 1. The van der Waals surface area contributed by atoms with Crippen LogP contribution in [0.1, 0.15) is 44.3 Å². The standard InChI is InChI=1S/C22H23N3O3/c1-25-19-10-16(18-8-9-28-13-18)6-7-17(19)11-20(25)22(27)24-12-14-2-4-15(5-3-14)21(23)26/h2-7,10-11,18H,8-9,12-13H2,1H3,(H2,23,26)(H,24,27). The number of nitrogens with one attached hydrogen (secondary N) is 1. The van der Waals surface area contributed by atoms with E-state index in [0.29, 0.717) is 23.7 Å². The first-order chi connectivity index (χ1) is 13.5. The van der Waals surface area contributed by atoms with Crippen LogP contribution in [0, 0.1) is 0 Å². The lowest BCUT2D eigenvalue weighted by atomic mass is 9.98. The second-order valence-corrected chi connectivity index (χ2v) is 7.21. The molecule has 0 radical (unpaired) electrons. The molecule has 0 saturated carbocycles. The second kappa shape index (κ2) is 7.48. The molecule has 6 heteroatoms. The summed E-state index contributed by atoms with van der Waals surface area (Å²) < 4.78 is 7.43. The van der Waals surface area contributed by atoms with E-state index in [2.05, 4.69) is 23.5 Å². The summed E-state index contributed by atoms with van der Waals surface area (Å²) in [5.41, 5.74) is 9.52. The van der Waals surface area contributed by atoms with Gasteiger partial charge in [0, 0.05) is 42.6 Å². The average molecular weight is 377 g/mol. The molecule has 1 saturated heterocycles. The van der Waals surface area contributed by atoms with Crippen molar-refractivity contribution in [3.63, 3.8) is 0 Å². The van der Waals surface area contributed by atoms with E-state index in [1.54, 1.807) is 24.3 Å². The minimum absolute atomic E-state index is 0.136. The number of amides is 2. The highest BCUT2D eigenvalue weighted by Gasteiger charge is 2.19. The van der Waals surface area contributed by atoms with Gasteiger partial charge in [0.05, 0.1) is 6.61 Å². The molecule has 0 spiro atoms. The van der Waals surface area contributed by atoms with Gasteiger partial charge in [-0.3, -0.25) is 9.59 Å². The normalized spacial score (nSPS) is 16.4. The SMILES string of the molecule is Cn1c(C(=O)NCc2ccc(C(N)=O)cc2)cc2ccc(C3CCOC3)cc21. The Hall–Kier alpha value is -3.12. The zero-order chi connectivity index (χ0) is 19.7. The van der Waals surface area contributed by atoms with Gasteiger partial charge in [0.25, 0.3) is 5.91 Å². The van der Waals surface area contributed by atoms with E-state index in [1.165, 1.54) is 5.56 Å². The summed E-state index contributed by atoms with van der Waals surface area (Å²) in [6, 6.07) is 15.2. The number of hydrogen-bond donors (Lipinski definition) is 2. The number of carbonyl (C=O) groups is 2. The Balaban J connectivity index is 1.50. The number of ether oxygens (including phenoxy) is 1. The third-order valence-corrected chi connectivity index (χ3v) is 5.39. The zero-order valence-electron chi connectivity index (χ0n) is 15.8. The molecule has 2 aromatic carbocycles. The smallest absolute Gasteiger partial charge is 0.268 e. The molecule has 1 aromatic heterocycles. The maximum absolute atomic E-state index is 12.7. The van der Waals surface area contributed by atoms with Crippen molar-refractivity contribution in [1.29, 1.82) is 0 Å². The van der Waals surface area contributed by atoms with Gasteiger partial charge in [-0.2, -0.15) is 0 Å². The van der Waals surface area contributed by atoms with Crippen LogP contribution in [0.5, 0.6) is 0 Å². The first-order valence-electron chi connectivity index (χ1n) is 9.37. The number of hydrogen-bond acceptors (Lipinski definition) is 3. The quantitative estimate of drug-likeness (QED) is 0.717. The van der Waals surface area contributed by atoms with Crippen molar-refractivity contribution in [3.05, 3.63) is 70.9 Å². The van der Waals surface area contributed by atoms with Crippen LogP contribution in [0.4, 0.5) is 0 Å². The van der Waals surface area contributed by atoms with Crippen LogP contribution in [-0.2, 0) is 18.3 Å². The number of aromatic nitrogens is 1. The van der Waals surface area contributed by atoms with E-state index in [-0.39, 0.29) is 5.91 Å². The van der Waals surface area contributed by atoms with Crippen LogP contribution in [0.2, 0.25) is 0 Å². The summed E-state index contributed by atoms with van der Waals surface area (Å²) in [5.74, 6) is -0.169. The van der Waals surface area contributed by atoms with Gasteiger partial charge in [-0.15, -0.1) is 0 Å². The summed E-state index contributed by atoms with van der Waals surface area (Å²) in [4.78, 5) is 23.8. The zero-order valence-corrected chi connectivity index (χ0v) is 15.8. The molecule has 0 bridgehead atoms. The van der Waals surface area contributed by atoms with Crippen molar-refractivity contribution in [2.24, 2.45) is 12.8 Å². The molecule has 1 aliphatic heterocycles. The molecular weight excluding hydrogens is 354 g/mol. The molecule has 144 valence electrons. The highest BCUT2D eigenvalue weighted by molar-refractivity contribution is 5.99. The number of fused-ring (bicyclic) bond motifs is 1. The fourth-order valence-electron chi connectivity index (χ4n) is 3.68. The van der Waals surface area contributed by atoms with E-state index in [4.69, 9.17) is 10.5 Å². The molecule has 0 aliphatic carbocycles. The molecule has 28 heavy (non-hydrogen) atoms. The predicted octanol–water partition coefficient (Wildman–Crippen LogP) is 2.71. The third kappa shape index (κ3) is 3.51. The number of nitrogens with two attached hydrogens (primary N) is 1.